The van der Waals surface area contributed by atoms with Crippen LogP contribution in [0.15, 0.2) is 30.6 Å². The van der Waals surface area contributed by atoms with Crippen molar-refractivity contribution in [1.82, 2.24) is 25.1 Å². The number of piperidine rings is 1. The number of nitrogens with one attached hydrogen (secondary N) is 1. The zero-order valence-electron chi connectivity index (χ0n) is 13.7. The Morgan fingerprint density at radius 2 is 2.12 bits per heavy atom. The number of anilines is 1. The van der Waals surface area contributed by atoms with Crippen LogP contribution in [0.1, 0.15) is 12.8 Å². The first-order valence-electron chi connectivity index (χ1n) is 8.32. The molecule has 7 nitrogen and oxygen atoms in total. The Morgan fingerprint density at radius 1 is 1.28 bits per heavy atom. The first-order chi connectivity index (χ1) is 12.2. The molecule has 4 rings (SSSR count). The van der Waals surface area contributed by atoms with Gasteiger partial charge >= 0.3 is 0 Å². The SMILES string of the molecule is Nc1ncnc2c1c(Oc1cccc(Cl)c1)nn2CC1CCNCC1. The van der Waals surface area contributed by atoms with Crippen LogP contribution in [0, 0.1) is 5.92 Å². The number of hydrogen-bond acceptors (Lipinski definition) is 6. The summed E-state index contributed by atoms with van der Waals surface area (Å²) >= 11 is 6.03. The van der Waals surface area contributed by atoms with E-state index in [1.165, 1.54) is 6.33 Å². The van der Waals surface area contributed by atoms with Crippen molar-refractivity contribution in [2.75, 3.05) is 18.8 Å². The molecule has 0 atom stereocenters. The molecule has 3 N–H and O–H groups in total. The fourth-order valence-corrected chi connectivity index (χ4v) is 3.33. The van der Waals surface area contributed by atoms with Gasteiger partial charge < -0.3 is 15.8 Å². The van der Waals surface area contributed by atoms with Gasteiger partial charge in [0.05, 0.1) is 0 Å². The summed E-state index contributed by atoms with van der Waals surface area (Å²) in [5.74, 6) is 1.92. The lowest BCUT2D eigenvalue weighted by Gasteiger charge is -2.22. The number of benzene rings is 1. The van der Waals surface area contributed by atoms with Crippen molar-refractivity contribution >= 4 is 28.5 Å². The fourth-order valence-electron chi connectivity index (χ4n) is 3.15. The summed E-state index contributed by atoms with van der Waals surface area (Å²) in [6.07, 6.45) is 3.69. The van der Waals surface area contributed by atoms with E-state index in [0.717, 1.165) is 32.5 Å². The molecule has 0 amide bonds. The number of halogens is 1. The van der Waals surface area contributed by atoms with E-state index in [9.17, 15) is 0 Å². The number of aromatic nitrogens is 4. The highest BCUT2D eigenvalue weighted by Crippen LogP contribution is 2.32. The highest BCUT2D eigenvalue weighted by molar-refractivity contribution is 6.30. The van der Waals surface area contributed by atoms with Crippen molar-refractivity contribution in [3.05, 3.63) is 35.6 Å². The van der Waals surface area contributed by atoms with Crippen molar-refractivity contribution in [3.8, 4) is 11.6 Å². The molecule has 3 heterocycles. The summed E-state index contributed by atoms with van der Waals surface area (Å²) < 4.78 is 7.81. The van der Waals surface area contributed by atoms with Crippen LogP contribution in [-0.2, 0) is 6.54 Å². The average Bonchev–Trinajstić information content (AvgIpc) is 2.95. The molecular formula is C17H19ClN6O. The predicted octanol–water partition coefficient (Wildman–Crippen LogP) is 2.85. The Hall–Kier alpha value is -2.38. The zero-order chi connectivity index (χ0) is 17.2. The van der Waals surface area contributed by atoms with Crippen LogP contribution in [0.2, 0.25) is 5.02 Å². The molecule has 1 aromatic carbocycles. The van der Waals surface area contributed by atoms with E-state index in [4.69, 9.17) is 22.1 Å². The molecule has 0 unspecified atom stereocenters. The number of nitrogens with zero attached hydrogens (tertiary/aromatic N) is 4. The van der Waals surface area contributed by atoms with Crippen molar-refractivity contribution in [2.45, 2.75) is 19.4 Å². The summed E-state index contributed by atoms with van der Waals surface area (Å²) in [5.41, 5.74) is 6.76. The molecule has 1 aliphatic rings. The highest BCUT2D eigenvalue weighted by Gasteiger charge is 2.21. The lowest BCUT2D eigenvalue weighted by atomic mass is 9.98. The van der Waals surface area contributed by atoms with Gasteiger partial charge in [0.15, 0.2) is 5.65 Å². The summed E-state index contributed by atoms with van der Waals surface area (Å²) in [5, 5.41) is 9.23. The van der Waals surface area contributed by atoms with Crippen molar-refractivity contribution in [2.24, 2.45) is 5.92 Å². The molecule has 1 aliphatic heterocycles. The quantitative estimate of drug-likeness (QED) is 0.745. The van der Waals surface area contributed by atoms with Gasteiger partial charge in [-0.05, 0) is 50.0 Å². The normalized spacial score (nSPS) is 15.6. The number of fused-ring (bicyclic) bond motifs is 1. The molecule has 25 heavy (non-hydrogen) atoms. The van der Waals surface area contributed by atoms with E-state index in [-0.39, 0.29) is 0 Å². The smallest absolute Gasteiger partial charge is 0.251 e. The third-order valence-corrected chi connectivity index (χ3v) is 4.66. The summed E-state index contributed by atoms with van der Waals surface area (Å²) in [4.78, 5) is 8.46. The molecule has 0 saturated carbocycles. The number of nitrogens with two attached hydrogens (primary N) is 1. The van der Waals surface area contributed by atoms with Gasteiger partial charge in [0.1, 0.15) is 23.3 Å². The molecule has 3 aromatic rings. The van der Waals surface area contributed by atoms with Crippen LogP contribution in [0.25, 0.3) is 11.0 Å². The standard InChI is InChI=1S/C17H19ClN6O/c18-12-2-1-3-13(8-12)25-17-14-15(19)21-10-22-16(14)24(23-17)9-11-4-6-20-7-5-11/h1-3,8,10-11,20H,4-7,9H2,(H2,19,21,22). The second-order valence-corrected chi connectivity index (χ2v) is 6.63. The maximum absolute atomic E-state index is 6.07. The molecular weight excluding hydrogens is 340 g/mol. The van der Waals surface area contributed by atoms with E-state index in [2.05, 4.69) is 20.4 Å². The molecule has 0 aliphatic carbocycles. The Morgan fingerprint density at radius 3 is 2.92 bits per heavy atom. The van der Waals surface area contributed by atoms with Gasteiger partial charge in [0.2, 0.25) is 0 Å². The summed E-state index contributed by atoms with van der Waals surface area (Å²) in [6.45, 7) is 2.85. The lowest BCUT2D eigenvalue weighted by Crippen LogP contribution is -2.30. The largest absolute Gasteiger partial charge is 0.437 e. The molecule has 130 valence electrons. The number of hydrogen-bond donors (Lipinski definition) is 2. The Balaban J connectivity index is 1.70. The topological polar surface area (TPSA) is 90.9 Å². The second-order valence-electron chi connectivity index (χ2n) is 6.20. The van der Waals surface area contributed by atoms with Crippen LogP contribution in [0.4, 0.5) is 5.82 Å². The average molecular weight is 359 g/mol. The minimum atomic E-state index is 0.360. The van der Waals surface area contributed by atoms with E-state index >= 15 is 0 Å². The van der Waals surface area contributed by atoms with Gasteiger partial charge in [0, 0.05) is 11.6 Å². The lowest BCUT2D eigenvalue weighted by molar-refractivity contribution is 0.320. The van der Waals surface area contributed by atoms with E-state index in [1.807, 2.05) is 16.8 Å². The Kier molecular flexibility index (Phi) is 4.42. The van der Waals surface area contributed by atoms with Gasteiger partial charge in [-0.3, -0.25) is 0 Å². The number of nitrogen functional groups attached to an aromatic ring is 1. The second kappa shape index (κ2) is 6.85. The van der Waals surface area contributed by atoms with E-state index < -0.39 is 0 Å². The predicted molar refractivity (Wildman–Crippen MR) is 96.9 cm³/mol. The van der Waals surface area contributed by atoms with E-state index in [1.54, 1.807) is 12.1 Å². The first-order valence-corrected chi connectivity index (χ1v) is 8.69. The molecule has 0 radical (unpaired) electrons. The van der Waals surface area contributed by atoms with Crippen LogP contribution < -0.4 is 15.8 Å². The third-order valence-electron chi connectivity index (χ3n) is 4.43. The first kappa shape index (κ1) is 16.1. The molecule has 1 saturated heterocycles. The molecule has 2 aromatic heterocycles. The van der Waals surface area contributed by atoms with Gasteiger partial charge in [-0.25, -0.2) is 14.6 Å². The van der Waals surface area contributed by atoms with Gasteiger partial charge in [-0.15, -0.1) is 5.10 Å². The zero-order valence-corrected chi connectivity index (χ0v) is 14.4. The minimum Gasteiger partial charge on any atom is -0.437 e. The van der Waals surface area contributed by atoms with Gasteiger partial charge in [-0.1, -0.05) is 17.7 Å². The van der Waals surface area contributed by atoms with Crippen molar-refractivity contribution in [3.63, 3.8) is 0 Å². The fraction of sp³-hybridized carbons (Fsp3) is 0.353. The Labute approximate surface area is 150 Å². The van der Waals surface area contributed by atoms with Crippen molar-refractivity contribution < 1.29 is 4.74 Å². The molecule has 8 heteroatoms. The summed E-state index contributed by atoms with van der Waals surface area (Å²) in [7, 11) is 0. The van der Waals surface area contributed by atoms with Crippen LogP contribution in [0.5, 0.6) is 11.6 Å². The Bertz CT molecular complexity index is 890. The van der Waals surface area contributed by atoms with Crippen LogP contribution >= 0.6 is 11.6 Å². The van der Waals surface area contributed by atoms with E-state index in [0.29, 0.717) is 39.4 Å². The molecule has 1 fully saturated rings. The van der Waals surface area contributed by atoms with Gasteiger partial charge in [-0.2, -0.15) is 0 Å². The van der Waals surface area contributed by atoms with Crippen molar-refractivity contribution in [1.29, 1.82) is 0 Å². The molecule has 0 spiro atoms. The summed E-state index contributed by atoms with van der Waals surface area (Å²) in [6, 6.07) is 7.17. The molecule has 0 bridgehead atoms. The monoisotopic (exact) mass is 358 g/mol. The number of rotatable bonds is 4. The maximum atomic E-state index is 6.07. The minimum absolute atomic E-state index is 0.360. The number of ether oxygens (including phenoxy) is 1. The van der Waals surface area contributed by atoms with Crippen LogP contribution in [-0.4, -0.2) is 32.8 Å². The highest BCUT2D eigenvalue weighted by atomic mass is 35.5. The van der Waals surface area contributed by atoms with Crippen LogP contribution in [0.3, 0.4) is 0 Å². The van der Waals surface area contributed by atoms with Gasteiger partial charge in [0.25, 0.3) is 5.88 Å². The third kappa shape index (κ3) is 3.38. The maximum Gasteiger partial charge on any atom is 0.251 e.